The van der Waals surface area contributed by atoms with Crippen molar-refractivity contribution in [1.29, 1.82) is 5.26 Å². The molecular formula is C31H33ClN4O4S2. The van der Waals surface area contributed by atoms with Crippen molar-refractivity contribution in [3.63, 3.8) is 0 Å². The molecule has 42 heavy (non-hydrogen) atoms. The Morgan fingerprint density at radius 2 is 1.90 bits per heavy atom. The van der Waals surface area contributed by atoms with E-state index < -0.39 is 16.9 Å². The van der Waals surface area contributed by atoms with Crippen molar-refractivity contribution in [3.8, 4) is 6.07 Å². The molecule has 1 aromatic heterocycles. The molecule has 1 unspecified atom stereocenters. The molecule has 0 saturated carbocycles. The molecule has 2 N–H and O–H groups in total. The van der Waals surface area contributed by atoms with E-state index in [0.717, 1.165) is 20.9 Å². The molecule has 0 saturated heterocycles. The van der Waals surface area contributed by atoms with E-state index in [2.05, 4.69) is 16.7 Å². The number of halogens is 1. The van der Waals surface area contributed by atoms with Crippen LogP contribution in [0.3, 0.4) is 0 Å². The fourth-order valence-electron chi connectivity index (χ4n) is 4.41. The Labute approximate surface area is 259 Å². The van der Waals surface area contributed by atoms with E-state index in [9.17, 15) is 19.6 Å². The lowest BCUT2D eigenvalue weighted by molar-refractivity contribution is -0.116. The van der Waals surface area contributed by atoms with E-state index in [1.54, 1.807) is 23.1 Å². The Bertz CT molecular complexity index is 1510. The molecule has 0 fully saturated rings. The number of nitriles is 1. The quantitative estimate of drug-likeness (QED) is 0.255. The van der Waals surface area contributed by atoms with E-state index in [0.29, 0.717) is 47.2 Å². The molecule has 1 aliphatic heterocycles. The Morgan fingerprint density at radius 3 is 2.57 bits per heavy atom. The lowest BCUT2D eigenvalue weighted by Gasteiger charge is -2.29. The van der Waals surface area contributed by atoms with Crippen LogP contribution in [0.15, 0.2) is 53.4 Å². The SMILES string of the molecule is CCC(Sc1cccc(NC(=O)Cc2ccc(Cl)cc2)c1)C(=O)Nc1sc2c(c1C#N)CCN(C(=O)OC(C)(C)C)C2. The summed E-state index contributed by atoms with van der Waals surface area (Å²) in [6, 6.07) is 16.8. The molecular weight excluding hydrogens is 592 g/mol. The normalized spacial score (nSPS) is 13.5. The molecule has 0 radical (unpaired) electrons. The molecule has 0 aliphatic carbocycles. The number of fused-ring (bicyclic) bond motifs is 1. The van der Waals surface area contributed by atoms with E-state index in [1.165, 1.54) is 23.1 Å². The first kappa shape index (κ1) is 31.4. The van der Waals surface area contributed by atoms with Crippen LogP contribution in [0.25, 0.3) is 0 Å². The zero-order valence-electron chi connectivity index (χ0n) is 24.0. The largest absolute Gasteiger partial charge is 0.444 e. The third-order valence-corrected chi connectivity index (χ3v) is 9.14. The second-order valence-electron chi connectivity index (χ2n) is 10.9. The Hall–Kier alpha value is -3.52. The fourth-order valence-corrected chi connectivity index (χ4v) is 6.77. The Balaban J connectivity index is 1.40. The summed E-state index contributed by atoms with van der Waals surface area (Å²) in [5.74, 6) is -0.362. The summed E-state index contributed by atoms with van der Waals surface area (Å²) in [7, 11) is 0. The maximum Gasteiger partial charge on any atom is 0.410 e. The van der Waals surface area contributed by atoms with Crippen molar-refractivity contribution in [2.24, 2.45) is 0 Å². The zero-order chi connectivity index (χ0) is 30.4. The lowest BCUT2D eigenvalue weighted by atomic mass is 10.0. The van der Waals surface area contributed by atoms with Crippen LogP contribution in [-0.2, 0) is 33.7 Å². The molecule has 0 bridgehead atoms. The van der Waals surface area contributed by atoms with E-state index in [4.69, 9.17) is 16.3 Å². The predicted molar refractivity (Wildman–Crippen MR) is 168 cm³/mol. The van der Waals surface area contributed by atoms with Gasteiger partial charge in [0, 0.05) is 27.0 Å². The minimum atomic E-state index is -0.598. The van der Waals surface area contributed by atoms with Gasteiger partial charge in [-0.2, -0.15) is 5.26 Å². The van der Waals surface area contributed by atoms with Gasteiger partial charge in [0.1, 0.15) is 16.7 Å². The van der Waals surface area contributed by atoms with E-state index >= 15 is 0 Å². The highest BCUT2D eigenvalue weighted by Crippen LogP contribution is 2.38. The highest BCUT2D eigenvalue weighted by molar-refractivity contribution is 8.00. The van der Waals surface area contributed by atoms with Gasteiger partial charge in [-0.25, -0.2) is 4.79 Å². The number of amides is 3. The minimum absolute atomic E-state index is 0.153. The minimum Gasteiger partial charge on any atom is -0.444 e. The third-order valence-electron chi connectivity index (χ3n) is 6.39. The van der Waals surface area contributed by atoms with Crippen LogP contribution in [0.1, 0.15) is 55.7 Å². The fraction of sp³-hybridized carbons (Fsp3) is 0.355. The van der Waals surface area contributed by atoms with Gasteiger partial charge < -0.3 is 20.3 Å². The van der Waals surface area contributed by atoms with Crippen molar-refractivity contribution >= 4 is 63.3 Å². The van der Waals surface area contributed by atoms with Crippen molar-refractivity contribution < 1.29 is 19.1 Å². The van der Waals surface area contributed by atoms with Gasteiger partial charge in [-0.15, -0.1) is 23.1 Å². The van der Waals surface area contributed by atoms with Gasteiger partial charge >= 0.3 is 6.09 Å². The van der Waals surface area contributed by atoms with Crippen molar-refractivity contribution in [1.82, 2.24) is 4.90 Å². The monoisotopic (exact) mass is 624 g/mol. The average Bonchev–Trinajstić information content (AvgIpc) is 3.28. The van der Waals surface area contributed by atoms with Gasteiger partial charge in [0.15, 0.2) is 0 Å². The van der Waals surface area contributed by atoms with E-state index in [1.807, 2.05) is 58.0 Å². The highest BCUT2D eigenvalue weighted by atomic mass is 35.5. The van der Waals surface area contributed by atoms with Crippen LogP contribution in [-0.4, -0.2) is 40.2 Å². The number of ether oxygens (including phenoxy) is 1. The predicted octanol–water partition coefficient (Wildman–Crippen LogP) is 7.26. The molecule has 11 heteroatoms. The van der Waals surface area contributed by atoms with Crippen LogP contribution in [0.5, 0.6) is 0 Å². The van der Waals surface area contributed by atoms with Crippen LogP contribution in [0, 0.1) is 11.3 Å². The first-order chi connectivity index (χ1) is 20.0. The smallest absolute Gasteiger partial charge is 0.410 e. The Morgan fingerprint density at radius 1 is 1.17 bits per heavy atom. The van der Waals surface area contributed by atoms with Crippen molar-refractivity contribution in [2.75, 3.05) is 17.2 Å². The number of benzene rings is 2. The maximum atomic E-state index is 13.3. The molecule has 8 nitrogen and oxygen atoms in total. The standard InChI is InChI=1S/C31H33ClN4O4S2/c1-5-25(41-22-8-6-7-21(16-22)34-27(37)15-19-9-11-20(32)12-10-19)28(38)35-29-24(17-33)23-13-14-36(18-26(23)42-29)30(39)40-31(2,3)4/h6-12,16,25H,5,13-15,18H2,1-4H3,(H,34,37)(H,35,38). The third kappa shape index (κ3) is 8.28. The summed E-state index contributed by atoms with van der Waals surface area (Å²) in [6.07, 6.45) is 0.905. The van der Waals surface area contributed by atoms with Gasteiger partial charge in [0.25, 0.3) is 0 Å². The number of thiophene rings is 1. The molecule has 4 rings (SSSR count). The number of anilines is 2. The van der Waals surface area contributed by atoms with Gasteiger partial charge in [-0.05, 0) is 75.1 Å². The van der Waals surface area contributed by atoms with Crippen molar-refractivity contribution in [2.45, 2.75) is 69.2 Å². The molecule has 220 valence electrons. The van der Waals surface area contributed by atoms with Gasteiger partial charge in [-0.3, -0.25) is 9.59 Å². The number of nitrogens with zero attached hydrogens (tertiary/aromatic N) is 2. The second kappa shape index (κ2) is 13.6. The molecule has 3 aromatic rings. The molecule has 0 spiro atoms. The second-order valence-corrected chi connectivity index (χ2v) is 13.7. The number of nitrogens with one attached hydrogen (secondary N) is 2. The lowest BCUT2D eigenvalue weighted by Crippen LogP contribution is -2.39. The van der Waals surface area contributed by atoms with Crippen LogP contribution < -0.4 is 10.6 Å². The van der Waals surface area contributed by atoms with Gasteiger partial charge in [0.2, 0.25) is 11.8 Å². The molecule has 2 aromatic carbocycles. The molecule has 3 amide bonds. The zero-order valence-corrected chi connectivity index (χ0v) is 26.3. The molecule has 1 atom stereocenters. The van der Waals surface area contributed by atoms with Crippen LogP contribution in [0.4, 0.5) is 15.5 Å². The first-order valence-electron chi connectivity index (χ1n) is 13.6. The topological polar surface area (TPSA) is 112 Å². The van der Waals surface area contributed by atoms with Crippen LogP contribution >= 0.6 is 34.7 Å². The molecule has 1 aliphatic rings. The highest BCUT2D eigenvalue weighted by Gasteiger charge is 2.31. The Kier molecular flexibility index (Phi) is 10.2. The number of hydrogen-bond acceptors (Lipinski definition) is 7. The summed E-state index contributed by atoms with van der Waals surface area (Å²) in [6.45, 7) is 8.18. The number of rotatable bonds is 8. The van der Waals surface area contributed by atoms with E-state index in [-0.39, 0.29) is 18.2 Å². The number of thioether (sulfide) groups is 1. The summed E-state index contributed by atoms with van der Waals surface area (Å²) in [5, 5.41) is 16.5. The summed E-state index contributed by atoms with van der Waals surface area (Å²) in [4.78, 5) is 41.8. The maximum absolute atomic E-state index is 13.3. The first-order valence-corrected chi connectivity index (χ1v) is 15.7. The summed E-state index contributed by atoms with van der Waals surface area (Å²) >= 11 is 8.65. The number of carbonyl (C=O) groups is 3. The average molecular weight is 625 g/mol. The van der Waals surface area contributed by atoms with Gasteiger partial charge in [-0.1, -0.05) is 36.7 Å². The summed E-state index contributed by atoms with van der Waals surface area (Å²) in [5.41, 5.74) is 2.23. The molecule has 2 heterocycles. The van der Waals surface area contributed by atoms with Crippen LogP contribution in [0.2, 0.25) is 5.02 Å². The number of carbonyl (C=O) groups excluding carboxylic acids is 3. The van der Waals surface area contributed by atoms with Gasteiger partial charge in [0.05, 0.1) is 23.8 Å². The van der Waals surface area contributed by atoms with Crippen molar-refractivity contribution in [3.05, 3.63) is 75.1 Å². The number of hydrogen-bond donors (Lipinski definition) is 2. The summed E-state index contributed by atoms with van der Waals surface area (Å²) < 4.78 is 5.51.